The van der Waals surface area contributed by atoms with Crippen molar-refractivity contribution >= 4 is 28.7 Å². The summed E-state index contributed by atoms with van der Waals surface area (Å²) < 4.78 is 3.90. The zero-order chi connectivity index (χ0) is 15.1. The van der Waals surface area contributed by atoms with Gasteiger partial charge in [-0.15, -0.1) is 11.6 Å². The Morgan fingerprint density at radius 1 is 1.52 bits per heavy atom. The van der Waals surface area contributed by atoms with Gasteiger partial charge in [0.25, 0.3) is 0 Å². The van der Waals surface area contributed by atoms with E-state index in [2.05, 4.69) is 15.4 Å². The molecule has 1 aliphatic rings. The molecule has 0 bridgehead atoms. The van der Waals surface area contributed by atoms with Crippen molar-refractivity contribution < 1.29 is 4.79 Å². The Labute approximate surface area is 128 Å². The third-order valence-electron chi connectivity index (χ3n) is 3.99. The topological polar surface area (TPSA) is 64.7 Å². The van der Waals surface area contributed by atoms with Crippen LogP contribution in [-0.2, 0) is 11.3 Å². The first-order chi connectivity index (χ1) is 10.0. The Kier molecular flexibility index (Phi) is 3.65. The molecule has 0 aliphatic carbocycles. The van der Waals surface area contributed by atoms with Gasteiger partial charge in [0.05, 0.1) is 11.1 Å². The lowest BCUT2D eigenvalue weighted by atomic mass is 10.1. The van der Waals surface area contributed by atoms with Crippen molar-refractivity contribution in [3.63, 3.8) is 0 Å². The van der Waals surface area contributed by atoms with Gasteiger partial charge in [0.2, 0.25) is 5.91 Å². The number of imidazole rings is 1. The average Bonchev–Trinajstić information content (AvgIpc) is 2.98. The summed E-state index contributed by atoms with van der Waals surface area (Å²) in [5.74, 6) is 0.789. The number of piperidine rings is 1. The molecular weight excluding hydrogens is 290 g/mol. The summed E-state index contributed by atoms with van der Waals surface area (Å²) in [6.07, 6.45) is 1.77. The number of nitrogens with zero attached hydrogens (tertiary/aromatic N) is 4. The summed E-state index contributed by atoms with van der Waals surface area (Å²) in [7, 11) is 0. The molecule has 21 heavy (non-hydrogen) atoms. The van der Waals surface area contributed by atoms with Crippen LogP contribution in [0.15, 0.2) is 0 Å². The van der Waals surface area contributed by atoms with E-state index < -0.39 is 0 Å². The number of aromatic nitrogens is 4. The molecule has 1 N–H and O–H groups in total. The number of amides is 1. The lowest BCUT2D eigenvalue weighted by molar-refractivity contribution is -0.125. The molecule has 3 heterocycles. The molecular formula is C14H20ClN5O. The molecule has 0 aromatic carbocycles. The lowest BCUT2D eigenvalue weighted by Crippen LogP contribution is -2.38. The molecule has 1 saturated heterocycles. The highest BCUT2D eigenvalue weighted by Gasteiger charge is 2.31. The van der Waals surface area contributed by atoms with Crippen LogP contribution in [0.4, 0.5) is 0 Å². The molecule has 114 valence electrons. The number of fused-ring (bicyclic) bond motifs is 1. The highest BCUT2D eigenvalue weighted by Crippen LogP contribution is 2.32. The highest BCUT2D eigenvalue weighted by molar-refractivity contribution is 6.20. The molecule has 2 atom stereocenters. The van der Waals surface area contributed by atoms with Crippen LogP contribution in [0.3, 0.4) is 0 Å². The van der Waals surface area contributed by atoms with Crippen LogP contribution in [0.2, 0.25) is 0 Å². The number of alkyl halides is 1. The molecule has 0 spiro atoms. The Morgan fingerprint density at radius 3 is 2.90 bits per heavy atom. The van der Waals surface area contributed by atoms with Crippen molar-refractivity contribution in [1.29, 1.82) is 0 Å². The zero-order valence-corrected chi connectivity index (χ0v) is 13.3. The van der Waals surface area contributed by atoms with Gasteiger partial charge < -0.3 is 5.32 Å². The maximum Gasteiger partial charge on any atom is 0.243 e. The van der Waals surface area contributed by atoms with E-state index in [-0.39, 0.29) is 17.3 Å². The zero-order valence-electron chi connectivity index (χ0n) is 12.6. The molecule has 1 amide bonds. The van der Waals surface area contributed by atoms with Crippen LogP contribution in [-0.4, -0.2) is 31.8 Å². The molecule has 2 unspecified atom stereocenters. The van der Waals surface area contributed by atoms with Crippen LogP contribution < -0.4 is 5.32 Å². The Morgan fingerprint density at radius 2 is 2.29 bits per heavy atom. The van der Waals surface area contributed by atoms with Crippen molar-refractivity contribution in [3.8, 4) is 0 Å². The molecule has 2 aromatic heterocycles. The fraction of sp³-hybridized carbons (Fsp3) is 0.643. The molecule has 2 aromatic rings. The number of hydrogen-bond acceptors (Lipinski definition) is 3. The van der Waals surface area contributed by atoms with Gasteiger partial charge >= 0.3 is 0 Å². The van der Waals surface area contributed by atoms with E-state index in [1.165, 1.54) is 0 Å². The Hall–Kier alpha value is -1.56. The summed E-state index contributed by atoms with van der Waals surface area (Å²) in [6, 6.07) is -0.249. The molecule has 3 rings (SSSR count). The molecule has 0 radical (unpaired) electrons. The normalized spacial score (nSPS) is 20.8. The first kappa shape index (κ1) is 14.4. The summed E-state index contributed by atoms with van der Waals surface area (Å²) in [5, 5.41) is 7.19. The maximum atomic E-state index is 12.3. The van der Waals surface area contributed by atoms with Gasteiger partial charge in [0.1, 0.15) is 17.4 Å². The minimum Gasteiger partial charge on any atom is -0.354 e. The van der Waals surface area contributed by atoms with Crippen LogP contribution in [0.5, 0.6) is 0 Å². The monoisotopic (exact) mass is 309 g/mol. The fourth-order valence-corrected chi connectivity index (χ4v) is 3.17. The second kappa shape index (κ2) is 5.33. The standard InChI is InChI=1S/C14H20ClN5O/c1-4-19-14-11(9(3)18-19)17-12(8(2)15)20(14)10-6-5-7-16-13(10)21/h8,10H,4-7H2,1-3H3,(H,16,21). The quantitative estimate of drug-likeness (QED) is 0.885. The van der Waals surface area contributed by atoms with Gasteiger partial charge in [-0.05, 0) is 33.6 Å². The average molecular weight is 310 g/mol. The fourth-order valence-electron chi connectivity index (χ4n) is 3.02. The predicted octanol–water partition coefficient (Wildman–Crippen LogP) is 2.31. The molecule has 1 fully saturated rings. The van der Waals surface area contributed by atoms with E-state index in [9.17, 15) is 4.79 Å². The van der Waals surface area contributed by atoms with Crippen molar-refractivity contribution in [2.24, 2.45) is 0 Å². The summed E-state index contributed by atoms with van der Waals surface area (Å²) in [5.41, 5.74) is 2.62. The Bertz CT molecular complexity index is 687. The van der Waals surface area contributed by atoms with Gasteiger partial charge in [-0.3, -0.25) is 9.36 Å². The number of rotatable bonds is 3. The van der Waals surface area contributed by atoms with E-state index in [1.54, 1.807) is 0 Å². The van der Waals surface area contributed by atoms with E-state index >= 15 is 0 Å². The lowest BCUT2D eigenvalue weighted by Gasteiger charge is -2.25. The van der Waals surface area contributed by atoms with Crippen molar-refractivity contribution in [2.75, 3.05) is 6.54 Å². The molecule has 7 heteroatoms. The molecule has 6 nitrogen and oxygen atoms in total. The SMILES string of the molecule is CCn1nc(C)c2nc(C(C)Cl)n(C3CCCNC3=O)c21. The number of hydrogen-bond donors (Lipinski definition) is 1. The summed E-state index contributed by atoms with van der Waals surface area (Å²) >= 11 is 6.31. The van der Waals surface area contributed by atoms with Gasteiger partial charge in [0.15, 0.2) is 5.65 Å². The van der Waals surface area contributed by atoms with Gasteiger partial charge in [-0.25, -0.2) is 9.67 Å². The first-order valence-corrected chi connectivity index (χ1v) is 7.85. The molecule has 1 aliphatic heterocycles. The van der Waals surface area contributed by atoms with Crippen molar-refractivity contribution in [3.05, 3.63) is 11.5 Å². The summed E-state index contributed by atoms with van der Waals surface area (Å²) in [4.78, 5) is 16.9. The van der Waals surface area contributed by atoms with Crippen LogP contribution in [0.25, 0.3) is 11.2 Å². The van der Waals surface area contributed by atoms with Crippen molar-refractivity contribution in [1.82, 2.24) is 24.6 Å². The maximum absolute atomic E-state index is 12.3. The van der Waals surface area contributed by atoms with E-state index in [4.69, 9.17) is 11.6 Å². The largest absolute Gasteiger partial charge is 0.354 e. The Balaban J connectivity index is 2.26. The van der Waals surface area contributed by atoms with E-state index in [0.717, 1.165) is 48.6 Å². The minimum atomic E-state index is -0.253. The van der Waals surface area contributed by atoms with Gasteiger partial charge in [-0.2, -0.15) is 5.10 Å². The van der Waals surface area contributed by atoms with E-state index in [1.807, 2.05) is 30.0 Å². The van der Waals surface area contributed by atoms with Crippen LogP contribution >= 0.6 is 11.6 Å². The highest BCUT2D eigenvalue weighted by atomic mass is 35.5. The molecule has 0 saturated carbocycles. The number of halogens is 1. The van der Waals surface area contributed by atoms with Gasteiger partial charge in [0, 0.05) is 13.1 Å². The van der Waals surface area contributed by atoms with Crippen molar-refractivity contribution in [2.45, 2.75) is 51.6 Å². The third kappa shape index (κ3) is 2.21. The van der Waals surface area contributed by atoms with E-state index in [0.29, 0.717) is 0 Å². The van der Waals surface area contributed by atoms with Gasteiger partial charge in [-0.1, -0.05) is 0 Å². The van der Waals surface area contributed by atoms with Crippen LogP contribution in [0, 0.1) is 6.92 Å². The number of aryl methyl sites for hydroxylation is 2. The third-order valence-corrected chi connectivity index (χ3v) is 4.19. The number of carbonyl (C=O) groups is 1. The minimum absolute atomic E-state index is 0.0422. The number of carbonyl (C=O) groups excluding carboxylic acids is 1. The van der Waals surface area contributed by atoms with Crippen LogP contribution in [0.1, 0.15) is 49.6 Å². The second-order valence-corrected chi connectivity index (χ2v) is 6.13. The predicted molar refractivity (Wildman–Crippen MR) is 81.5 cm³/mol. The summed E-state index contributed by atoms with van der Waals surface area (Å²) in [6.45, 7) is 7.34. The number of nitrogens with one attached hydrogen (secondary N) is 1. The second-order valence-electron chi connectivity index (χ2n) is 5.48. The smallest absolute Gasteiger partial charge is 0.243 e. The first-order valence-electron chi connectivity index (χ1n) is 7.41.